The highest BCUT2D eigenvalue weighted by molar-refractivity contribution is 7.90. The van der Waals surface area contributed by atoms with Crippen molar-refractivity contribution in [1.29, 1.82) is 0 Å². The molecule has 2 N–H and O–H groups in total. The maximum Gasteiger partial charge on any atom is 0.328 e. The number of carbonyl (C=O) groups excluding carboxylic acids is 1. The van der Waals surface area contributed by atoms with Gasteiger partial charge in [0.1, 0.15) is 9.84 Å². The van der Waals surface area contributed by atoms with Gasteiger partial charge in [0.05, 0.1) is 11.3 Å². The molecule has 1 aromatic heterocycles. The number of pyridine rings is 1. The number of nitrogens with zero attached hydrogens (tertiary/aromatic N) is 1. The molecule has 0 spiro atoms. The third-order valence-electron chi connectivity index (χ3n) is 2.37. The van der Waals surface area contributed by atoms with Gasteiger partial charge in [0.2, 0.25) is 0 Å². The van der Waals surface area contributed by atoms with Crippen LogP contribution in [0.3, 0.4) is 0 Å². The minimum Gasteiger partial charge on any atom is -0.478 e. The molecule has 1 amide bonds. The van der Waals surface area contributed by atoms with E-state index in [1.54, 1.807) is 6.92 Å². The molecule has 0 aromatic carbocycles. The molecule has 1 atom stereocenters. The number of amides is 1. The molecule has 7 nitrogen and oxygen atoms in total. The number of rotatable bonds is 6. The van der Waals surface area contributed by atoms with E-state index in [-0.39, 0.29) is 11.3 Å². The Morgan fingerprint density at radius 3 is 2.67 bits per heavy atom. The van der Waals surface area contributed by atoms with Crippen molar-refractivity contribution in [2.45, 2.75) is 13.0 Å². The lowest BCUT2D eigenvalue weighted by Gasteiger charge is -2.12. The van der Waals surface area contributed by atoms with Crippen LogP contribution >= 0.6 is 0 Å². The van der Waals surface area contributed by atoms with Crippen LogP contribution in [0.25, 0.3) is 6.08 Å². The van der Waals surface area contributed by atoms with Gasteiger partial charge in [-0.3, -0.25) is 9.78 Å². The second-order valence-corrected chi connectivity index (χ2v) is 6.83. The highest BCUT2D eigenvalue weighted by Crippen LogP contribution is 2.05. The Morgan fingerprint density at radius 1 is 1.43 bits per heavy atom. The number of hydrogen-bond acceptors (Lipinski definition) is 5. The van der Waals surface area contributed by atoms with Crippen LogP contribution in [0.5, 0.6) is 0 Å². The van der Waals surface area contributed by atoms with Gasteiger partial charge in [-0.25, -0.2) is 13.2 Å². The maximum atomic E-state index is 11.9. The summed E-state index contributed by atoms with van der Waals surface area (Å²) in [5, 5.41) is 11.1. The summed E-state index contributed by atoms with van der Waals surface area (Å²) in [6.07, 6.45) is 6.07. The van der Waals surface area contributed by atoms with Crippen LogP contribution in [-0.4, -0.2) is 48.4 Å². The van der Waals surface area contributed by atoms with E-state index >= 15 is 0 Å². The lowest BCUT2D eigenvalue weighted by Crippen LogP contribution is -2.37. The van der Waals surface area contributed by atoms with E-state index in [1.807, 2.05) is 0 Å². The van der Waals surface area contributed by atoms with E-state index in [2.05, 4.69) is 10.3 Å². The average molecular weight is 312 g/mol. The van der Waals surface area contributed by atoms with Crippen molar-refractivity contribution >= 4 is 27.8 Å². The van der Waals surface area contributed by atoms with Crippen LogP contribution in [0.2, 0.25) is 0 Å². The van der Waals surface area contributed by atoms with E-state index in [1.165, 1.54) is 24.5 Å². The van der Waals surface area contributed by atoms with Crippen molar-refractivity contribution in [1.82, 2.24) is 10.3 Å². The zero-order valence-electron chi connectivity index (χ0n) is 11.6. The summed E-state index contributed by atoms with van der Waals surface area (Å²) in [5.74, 6) is -1.74. The molecule has 0 saturated heterocycles. The summed E-state index contributed by atoms with van der Waals surface area (Å²) in [5.41, 5.74) is 0.684. The van der Waals surface area contributed by atoms with Crippen LogP contribution in [0.15, 0.2) is 24.5 Å². The summed E-state index contributed by atoms with van der Waals surface area (Å²) in [7, 11) is -3.18. The lowest BCUT2D eigenvalue weighted by atomic mass is 10.2. The number of aromatic nitrogens is 1. The summed E-state index contributed by atoms with van der Waals surface area (Å²) in [6, 6.07) is 0.931. The molecule has 0 fully saturated rings. The highest BCUT2D eigenvalue weighted by atomic mass is 32.2. The van der Waals surface area contributed by atoms with Gasteiger partial charge in [-0.05, 0) is 24.6 Å². The molecule has 1 heterocycles. The summed E-state index contributed by atoms with van der Waals surface area (Å²) < 4.78 is 22.3. The van der Waals surface area contributed by atoms with Gasteiger partial charge in [-0.2, -0.15) is 0 Å². The first-order chi connectivity index (χ1) is 9.67. The molecule has 1 rings (SSSR count). The van der Waals surface area contributed by atoms with Gasteiger partial charge >= 0.3 is 5.97 Å². The van der Waals surface area contributed by atoms with Crippen molar-refractivity contribution < 1.29 is 23.1 Å². The van der Waals surface area contributed by atoms with Gasteiger partial charge in [0, 0.05) is 30.8 Å². The van der Waals surface area contributed by atoms with Crippen LogP contribution in [0.4, 0.5) is 0 Å². The third-order valence-corrected chi connectivity index (χ3v) is 3.48. The molecule has 0 aliphatic rings. The first-order valence-electron chi connectivity index (χ1n) is 6.02. The standard InChI is InChI=1S/C13H16N2O5S/c1-9(8-21(2,19)20)15-13(18)11-5-10(6-14-7-11)3-4-12(16)17/h3-7,9H,8H2,1-2H3,(H,15,18)(H,16,17). The number of carbonyl (C=O) groups is 2. The smallest absolute Gasteiger partial charge is 0.328 e. The molecule has 21 heavy (non-hydrogen) atoms. The fraction of sp³-hybridized carbons (Fsp3) is 0.308. The first-order valence-corrected chi connectivity index (χ1v) is 8.08. The molecule has 114 valence electrons. The SMILES string of the molecule is CC(CS(C)(=O)=O)NC(=O)c1cncc(C=CC(=O)O)c1. The first kappa shape index (κ1) is 16.8. The summed E-state index contributed by atoms with van der Waals surface area (Å²) in [6.45, 7) is 1.58. The summed E-state index contributed by atoms with van der Waals surface area (Å²) >= 11 is 0. The fourth-order valence-corrected chi connectivity index (χ4v) is 2.64. The Hall–Kier alpha value is -2.22. The Bertz CT molecular complexity index is 667. The topological polar surface area (TPSA) is 113 Å². The quantitative estimate of drug-likeness (QED) is 0.732. The third kappa shape index (κ3) is 6.66. The highest BCUT2D eigenvalue weighted by Gasteiger charge is 2.14. The molecule has 1 aromatic rings. The number of sulfone groups is 1. The van der Waals surface area contributed by atoms with Crippen LogP contribution in [0, 0.1) is 0 Å². The number of hydrogen-bond donors (Lipinski definition) is 2. The van der Waals surface area contributed by atoms with Crippen molar-refractivity contribution in [3.63, 3.8) is 0 Å². The zero-order chi connectivity index (χ0) is 16.0. The second kappa shape index (κ2) is 6.98. The average Bonchev–Trinajstić information content (AvgIpc) is 2.34. The van der Waals surface area contributed by atoms with Crippen LogP contribution < -0.4 is 5.32 Å². The number of carboxylic acids is 1. The van der Waals surface area contributed by atoms with E-state index in [0.29, 0.717) is 5.56 Å². The molecule has 0 aliphatic heterocycles. The van der Waals surface area contributed by atoms with Crippen molar-refractivity contribution in [2.75, 3.05) is 12.0 Å². The molecule has 0 radical (unpaired) electrons. The van der Waals surface area contributed by atoms with Crippen molar-refractivity contribution in [3.8, 4) is 0 Å². The fourth-order valence-electron chi connectivity index (χ4n) is 1.64. The van der Waals surface area contributed by atoms with Crippen molar-refractivity contribution in [3.05, 3.63) is 35.7 Å². The van der Waals surface area contributed by atoms with E-state index < -0.39 is 27.8 Å². The molecule has 1 unspecified atom stereocenters. The van der Waals surface area contributed by atoms with E-state index in [0.717, 1.165) is 12.3 Å². The summed E-state index contributed by atoms with van der Waals surface area (Å²) in [4.78, 5) is 26.2. The Kier molecular flexibility index (Phi) is 5.60. The predicted octanol–water partition coefficient (Wildman–Crippen LogP) is 0.342. The predicted molar refractivity (Wildman–Crippen MR) is 77.5 cm³/mol. The zero-order valence-corrected chi connectivity index (χ0v) is 12.4. The van der Waals surface area contributed by atoms with E-state index in [9.17, 15) is 18.0 Å². The normalized spacial score (nSPS) is 13.0. The Labute approximate surface area is 122 Å². The number of nitrogens with one attached hydrogen (secondary N) is 1. The number of carboxylic acid groups (broad SMARTS) is 1. The van der Waals surface area contributed by atoms with Gasteiger partial charge in [0.15, 0.2) is 0 Å². The maximum absolute atomic E-state index is 11.9. The molecule has 0 bridgehead atoms. The molecular formula is C13H16N2O5S. The van der Waals surface area contributed by atoms with Gasteiger partial charge in [-0.15, -0.1) is 0 Å². The molecule has 0 saturated carbocycles. The number of aliphatic carboxylic acids is 1. The second-order valence-electron chi connectivity index (χ2n) is 4.65. The molecule has 8 heteroatoms. The van der Waals surface area contributed by atoms with Crippen LogP contribution in [0.1, 0.15) is 22.8 Å². The molecule has 0 aliphatic carbocycles. The van der Waals surface area contributed by atoms with Gasteiger partial charge < -0.3 is 10.4 Å². The van der Waals surface area contributed by atoms with Crippen LogP contribution in [-0.2, 0) is 14.6 Å². The van der Waals surface area contributed by atoms with E-state index in [4.69, 9.17) is 5.11 Å². The van der Waals surface area contributed by atoms with Gasteiger partial charge in [-0.1, -0.05) is 0 Å². The van der Waals surface area contributed by atoms with Crippen molar-refractivity contribution in [2.24, 2.45) is 0 Å². The monoisotopic (exact) mass is 312 g/mol. The lowest BCUT2D eigenvalue weighted by molar-refractivity contribution is -0.131. The Morgan fingerprint density at radius 2 is 2.10 bits per heavy atom. The molecular weight excluding hydrogens is 296 g/mol. The largest absolute Gasteiger partial charge is 0.478 e. The minimum atomic E-state index is -3.18. The van der Waals surface area contributed by atoms with Gasteiger partial charge in [0.25, 0.3) is 5.91 Å². The minimum absolute atomic E-state index is 0.162. The Balaban J connectivity index is 2.79.